The summed E-state index contributed by atoms with van der Waals surface area (Å²) in [4.78, 5) is 8.56. The van der Waals surface area contributed by atoms with E-state index in [9.17, 15) is 0 Å². The van der Waals surface area contributed by atoms with Gasteiger partial charge in [-0.05, 0) is 0 Å². The number of halogens is 1. The Hall–Kier alpha value is 2.81. The predicted octanol–water partition coefficient (Wildman–Crippen LogP) is -10.4. The molecule has 78 valence electrons. The first-order chi connectivity index (χ1) is 4.73. The number of hydrogen-bond donors (Lipinski definition) is 5. The fourth-order valence-corrected chi connectivity index (χ4v) is 0. The van der Waals surface area contributed by atoms with Crippen LogP contribution in [0.5, 0.6) is 0 Å². The third-order valence-corrected chi connectivity index (χ3v) is 0. The molecular weight excluding hydrogens is 344 g/mol. The van der Waals surface area contributed by atoms with E-state index < -0.39 is 16.6 Å². The second kappa shape index (κ2) is 24.9. The second-order valence-electron chi connectivity index (χ2n) is 0.710. The molecule has 0 radical (unpaired) electrons. The topological polar surface area (TPSA) is 181 Å². The molecule has 6 N–H and O–H groups in total. The maximum absolute atomic E-state index is 8.63. The molecule has 0 unspecified atom stereocenters. The first-order valence-electron chi connectivity index (χ1n) is 1.59. The summed E-state index contributed by atoms with van der Waals surface area (Å²) in [6, 6.07) is 0. The van der Waals surface area contributed by atoms with E-state index in [1.54, 1.807) is 0 Å². The van der Waals surface area contributed by atoms with Gasteiger partial charge in [0.1, 0.15) is 0 Å². The predicted molar refractivity (Wildman–Crippen MR) is 29.0 cm³/mol. The van der Waals surface area contributed by atoms with Crippen LogP contribution in [0.3, 0.4) is 0 Å². The van der Waals surface area contributed by atoms with Crippen LogP contribution in [0.1, 0.15) is 0 Å². The minimum Gasteiger partial charge on any atom is -1.00 e. The summed E-state index contributed by atoms with van der Waals surface area (Å²) >= 11 is 0. The molecule has 0 saturated carbocycles. The van der Waals surface area contributed by atoms with Gasteiger partial charge in [-0.15, -0.1) is 0 Å². The second-order valence-corrected chi connectivity index (χ2v) is 1.57. The van der Waals surface area contributed by atoms with E-state index in [0.717, 1.165) is 0 Å². The van der Waals surface area contributed by atoms with E-state index in [2.05, 4.69) is 5.90 Å². The Kier molecular flexibility index (Phi) is 63.9. The van der Waals surface area contributed by atoms with Crippen LogP contribution in [-0.2, 0) is 10.4 Å². The Morgan fingerprint density at radius 1 is 1.14 bits per heavy atom. The SMILES string of the molecule is NO.O=C(O)O.O=S(=O)([O-])O.[Br-].[K+].[K+]. The summed E-state index contributed by atoms with van der Waals surface area (Å²) in [5.41, 5.74) is 0. The van der Waals surface area contributed by atoms with Crippen molar-refractivity contribution in [3.05, 3.63) is 0 Å². The van der Waals surface area contributed by atoms with E-state index >= 15 is 0 Å². The number of carboxylic acid groups (broad SMARTS) is 2. The molecule has 0 saturated heterocycles. The third kappa shape index (κ3) is 357. The van der Waals surface area contributed by atoms with Gasteiger partial charge in [0.15, 0.2) is 0 Å². The monoisotopic (exact) mass is 349 g/mol. The molecule has 0 heterocycles. The first kappa shape index (κ1) is 36.0. The van der Waals surface area contributed by atoms with Gasteiger partial charge < -0.3 is 37.0 Å². The van der Waals surface area contributed by atoms with E-state index in [1.807, 2.05) is 0 Å². The van der Waals surface area contributed by atoms with Crippen molar-refractivity contribution in [3.63, 3.8) is 0 Å². The minimum absolute atomic E-state index is 0. The standard InChI is InChI=1S/CH2O3.BrH.2K.H3NO.H2O4S/c2-1(3)4;;;;1-2;1-5(2,3)4/h(H2,2,3,4);1H;;;2H,1H2;(H2,1,2,3,4)/q;;2*+1;;/p-2. The van der Waals surface area contributed by atoms with Crippen LogP contribution >= 0.6 is 0 Å². The summed E-state index contributed by atoms with van der Waals surface area (Å²) in [7, 11) is -4.92. The number of hydrogen-bond acceptors (Lipinski definition) is 6. The first-order valence-corrected chi connectivity index (χ1v) is 2.96. The maximum Gasteiger partial charge on any atom is 1.00 e. The van der Waals surface area contributed by atoms with Gasteiger partial charge >= 0.3 is 109 Å². The van der Waals surface area contributed by atoms with Crippen LogP contribution in [0, 0.1) is 0 Å². The van der Waals surface area contributed by atoms with Crippen LogP contribution in [0.25, 0.3) is 0 Å². The maximum atomic E-state index is 8.63. The van der Waals surface area contributed by atoms with Crippen molar-refractivity contribution < 1.29 is 157 Å². The molecule has 0 aliphatic heterocycles. The van der Waals surface area contributed by atoms with Gasteiger partial charge in [0.2, 0.25) is 10.4 Å². The van der Waals surface area contributed by atoms with E-state index in [4.69, 9.17) is 37.7 Å². The molecule has 0 atom stereocenters. The largest absolute Gasteiger partial charge is 1.00 e. The van der Waals surface area contributed by atoms with Crippen LogP contribution < -0.4 is 126 Å². The van der Waals surface area contributed by atoms with Crippen molar-refractivity contribution in [2.75, 3.05) is 0 Å². The zero-order valence-electron chi connectivity index (χ0n) is 7.29. The fourth-order valence-electron chi connectivity index (χ4n) is 0. The van der Waals surface area contributed by atoms with Gasteiger partial charge in [-0.2, -0.15) is 0 Å². The molecule has 0 spiro atoms. The molecule has 13 heteroatoms. The van der Waals surface area contributed by atoms with Gasteiger partial charge in [0, 0.05) is 0 Å². The van der Waals surface area contributed by atoms with Gasteiger partial charge in [0.05, 0.1) is 0 Å². The molecule has 0 aromatic rings. The summed E-state index contributed by atoms with van der Waals surface area (Å²) in [6.07, 6.45) is -1.83. The third-order valence-electron chi connectivity index (χ3n) is 0. The van der Waals surface area contributed by atoms with Crippen LogP contribution in [0.4, 0.5) is 4.79 Å². The van der Waals surface area contributed by atoms with Crippen molar-refractivity contribution in [3.8, 4) is 0 Å². The molecule has 0 aliphatic carbocycles. The normalized spacial score (nSPS) is 6.29. The molecule has 0 amide bonds. The van der Waals surface area contributed by atoms with Crippen molar-refractivity contribution >= 4 is 16.6 Å². The van der Waals surface area contributed by atoms with Gasteiger partial charge in [-0.3, -0.25) is 4.55 Å². The molecule has 0 rings (SSSR count). The Morgan fingerprint density at radius 3 is 1.14 bits per heavy atom. The molecule has 0 aromatic carbocycles. The van der Waals surface area contributed by atoms with Gasteiger partial charge in [0.25, 0.3) is 0 Å². The Balaban J connectivity index is -0.0000000166. The molecule has 0 bridgehead atoms. The summed E-state index contributed by atoms with van der Waals surface area (Å²) < 4.78 is 32.8. The Bertz CT molecular complexity index is 170. The average Bonchev–Trinajstić information content (AvgIpc) is 1.63. The summed E-state index contributed by atoms with van der Waals surface area (Å²) in [5.74, 6) is 3.50. The molecule has 0 aliphatic rings. The van der Waals surface area contributed by atoms with Crippen molar-refractivity contribution in [1.29, 1.82) is 0 Å². The zero-order valence-corrected chi connectivity index (χ0v) is 15.9. The Labute approximate surface area is 176 Å². The summed E-state index contributed by atoms with van der Waals surface area (Å²) in [6.45, 7) is 0. The Morgan fingerprint density at radius 2 is 1.14 bits per heavy atom. The smallest absolute Gasteiger partial charge is 1.00 e. The van der Waals surface area contributed by atoms with Gasteiger partial charge in [-0.25, -0.2) is 19.1 Å². The van der Waals surface area contributed by atoms with E-state index in [-0.39, 0.29) is 120 Å². The van der Waals surface area contributed by atoms with Crippen LogP contribution in [0.2, 0.25) is 0 Å². The van der Waals surface area contributed by atoms with Crippen molar-refractivity contribution in [1.82, 2.24) is 0 Å². The van der Waals surface area contributed by atoms with Crippen LogP contribution in [0.15, 0.2) is 0 Å². The number of nitrogens with two attached hydrogens (primary N) is 1. The number of rotatable bonds is 0. The molecule has 0 aromatic heterocycles. The quantitative estimate of drug-likeness (QED) is 0.123. The average molecular weight is 350 g/mol. The molecular formula is CH6BrK2NO8S. The number of carbonyl (C=O) groups is 1. The van der Waals surface area contributed by atoms with E-state index in [0.29, 0.717) is 0 Å². The van der Waals surface area contributed by atoms with Crippen molar-refractivity contribution in [2.45, 2.75) is 0 Å². The molecule has 14 heavy (non-hydrogen) atoms. The molecule has 9 nitrogen and oxygen atoms in total. The molecule has 0 fully saturated rings. The fraction of sp³-hybridized carbons (Fsp3) is 0. The van der Waals surface area contributed by atoms with Gasteiger partial charge in [-0.1, -0.05) is 0 Å². The summed E-state index contributed by atoms with van der Waals surface area (Å²) in [5, 5.41) is 20.4. The van der Waals surface area contributed by atoms with Crippen LogP contribution in [-0.4, -0.2) is 39.1 Å². The minimum atomic E-state index is -4.92. The van der Waals surface area contributed by atoms with Crippen molar-refractivity contribution in [2.24, 2.45) is 5.90 Å². The zero-order chi connectivity index (χ0) is 10.1. The van der Waals surface area contributed by atoms with E-state index in [1.165, 1.54) is 0 Å².